The number of nitrogens with one attached hydrogen (secondary N) is 2. The smallest absolute Gasteiger partial charge is 0.253 e. The summed E-state index contributed by atoms with van der Waals surface area (Å²) in [4.78, 5) is 24.6. The molecule has 0 bridgehead atoms. The highest BCUT2D eigenvalue weighted by molar-refractivity contribution is 5.98. The number of fused-ring (bicyclic) bond motifs is 1. The lowest BCUT2D eigenvalue weighted by molar-refractivity contribution is 0.0929. The van der Waals surface area contributed by atoms with Gasteiger partial charge in [-0.05, 0) is 43.2 Å². The van der Waals surface area contributed by atoms with Gasteiger partial charge in [0.15, 0.2) is 0 Å². The van der Waals surface area contributed by atoms with Crippen molar-refractivity contribution in [3.05, 3.63) is 59.7 Å². The number of aromatic amines is 1. The van der Waals surface area contributed by atoms with Gasteiger partial charge in [-0.25, -0.2) is 0 Å². The van der Waals surface area contributed by atoms with E-state index in [4.69, 9.17) is 0 Å². The van der Waals surface area contributed by atoms with Crippen LogP contribution in [0.25, 0.3) is 22.5 Å². The maximum absolute atomic E-state index is 12.2. The molecule has 0 spiro atoms. The number of nitrogens with zero attached hydrogens (tertiary/aromatic N) is 2. The molecule has 2 N–H and O–H groups in total. The summed E-state index contributed by atoms with van der Waals surface area (Å²) in [7, 11) is 0. The number of aromatic nitrogens is 3. The van der Waals surface area contributed by atoms with Crippen LogP contribution in [0.15, 0.2) is 42.7 Å². The normalized spacial score (nSPS) is 16.5. The Hall–Kier alpha value is -2.95. The van der Waals surface area contributed by atoms with E-state index in [0.717, 1.165) is 45.9 Å². The van der Waals surface area contributed by atoms with Crippen molar-refractivity contribution in [2.45, 2.75) is 39.2 Å². The molecule has 1 amide bonds. The zero-order valence-corrected chi connectivity index (χ0v) is 15.2. The van der Waals surface area contributed by atoms with E-state index in [0.29, 0.717) is 5.92 Å². The maximum Gasteiger partial charge on any atom is 0.253 e. The second-order valence-corrected chi connectivity index (χ2v) is 7.21. The minimum absolute atomic E-state index is 0.0102. The summed E-state index contributed by atoms with van der Waals surface area (Å²) in [6, 6.07) is 10.2. The van der Waals surface area contributed by atoms with Gasteiger partial charge in [-0.1, -0.05) is 13.8 Å². The van der Waals surface area contributed by atoms with E-state index in [1.165, 1.54) is 0 Å². The van der Waals surface area contributed by atoms with Gasteiger partial charge < -0.3 is 10.3 Å². The molecule has 0 radical (unpaired) electrons. The van der Waals surface area contributed by atoms with E-state index < -0.39 is 0 Å². The van der Waals surface area contributed by atoms with Crippen LogP contribution < -0.4 is 5.32 Å². The number of hydrogen-bond donors (Lipinski definition) is 2. The Morgan fingerprint density at radius 2 is 1.96 bits per heavy atom. The molecule has 1 atom stereocenters. The molecular formula is C21H22N4O. The maximum atomic E-state index is 12.2. The molecule has 3 aromatic rings. The Kier molecular flexibility index (Phi) is 4.07. The minimum atomic E-state index is -0.0102. The summed E-state index contributed by atoms with van der Waals surface area (Å²) in [6.07, 6.45) is 4.49. The Bertz CT molecular complexity index is 956. The van der Waals surface area contributed by atoms with Crippen molar-refractivity contribution in [2.24, 2.45) is 0 Å². The van der Waals surface area contributed by atoms with E-state index in [1.807, 2.05) is 37.4 Å². The third-order valence-electron chi connectivity index (χ3n) is 4.78. The highest BCUT2D eigenvalue weighted by Gasteiger charge is 2.24. The molecule has 0 saturated heterocycles. The third kappa shape index (κ3) is 3.01. The first kappa shape index (κ1) is 16.5. The van der Waals surface area contributed by atoms with Crippen LogP contribution in [-0.2, 0) is 6.42 Å². The van der Waals surface area contributed by atoms with Crippen LogP contribution in [0.4, 0.5) is 0 Å². The molecule has 1 aliphatic heterocycles. The van der Waals surface area contributed by atoms with E-state index in [9.17, 15) is 4.79 Å². The molecule has 0 aliphatic carbocycles. The molecule has 1 aliphatic rings. The number of carbonyl (C=O) groups excluding carboxylic acids is 1. The highest BCUT2D eigenvalue weighted by Crippen LogP contribution is 2.28. The molecule has 1 unspecified atom stereocenters. The van der Waals surface area contributed by atoms with Crippen molar-refractivity contribution in [3.8, 4) is 22.5 Å². The summed E-state index contributed by atoms with van der Waals surface area (Å²) >= 11 is 0. The van der Waals surface area contributed by atoms with Crippen LogP contribution in [0.1, 0.15) is 48.4 Å². The fourth-order valence-electron chi connectivity index (χ4n) is 3.33. The van der Waals surface area contributed by atoms with E-state index >= 15 is 0 Å². The van der Waals surface area contributed by atoms with Crippen molar-refractivity contribution < 1.29 is 4.79 Å². The van der Waals surface area contributed by atoms with Gasteiger partial charge in [0.1, 0.15) is 0 Å². The lowest BCUT2D eigenvalue weighted by Crippen LogP contribution is -2.38. The van der Waals surface area contributed by atoms with Gasteiger partial charge in [0.05, 0.1) is 11.3 Å². The van der Waals surface area contributed by atoms with Crippen LogP contribution in [0, 0.1) is 0 Å². The Balaban J connectivity index is 1.68. The second kappa shape index (κ2) is 6.41. The zero-order chi connectivity index (χ0) is 18.3. The van der Waals surface area contributed by atoms with Gasteiger partial charge in [0, 0.05) is 53.1 Å². The summed E-state index contributed by atoms with van der Waals surface area (Å²) in [5.41, 5.74) is 6.61. The Morgan fingerprint density at radius 3 is 2.69 bits per heavy atom. The lowest BCUT2D eigenvalue weighted by atomic mass is 10.0. The van der Waals surface area contributed by atoms with Gasteiger partial charge in [-0.3, -0.25) is 14.8 Å². The van der Waals surface area contributed by atoms with Crippen LogP contribution in [0.5, 0.6) is 0 Å². The number of carbonyl (C=O) groups is 1. The fourth-order valence-corrected chi connectivity index (χ4v) is 3.33. The number of amides is 1. The van der Waals surface area contributed by atoms with Crippen LogP contribution in [-0.4, -0.2) is 26.9 Å². The number of H-pyrrole nitrogens is 1. The topological polar surface area (TPSA) is 70.7 Å². The molecule has 3 aromatic heterocycles. The Labute approximate surface area is 152 Å². The predicted octanol–water partition coefficient (Wildman–Crippen LogP) is 3.94. The molecule has 5 heteroatoms. The van der Waals surface area contributed by atoms with E-state index in [-0.39, 0.29) is 11.9 Å². The molecule has 0 aromatic carbocycles. The van der Waals surface area contributed by atoms with E-state index in [2.05, 4.69) is 40.2 Å². The standard InChI is InChI=1S/C21H22N4O/c1-12(2)17-5-4-15(11-23-17)18-9-14(6-7-22-18)19-10-16-20(25-19)8-13(3)24-21(16)26/h4-7,9-13,25H,8H2,1-3H3,(H,24,26). The van der Waals surface area contributed by atoms with Gasteiger partial charge in [0.2, 0.25) is 0 Å². The van der Waals surface area contributed by atoms with Gasteiger partial charge in [0.25, 0.3) is 5.91 Å². The average Bonchev–Trinajstić information content (AvgIpc) is 3.06. The molecular weight excluding hydrogens is 324 g/mol. The lowest BCUT2D eigenvalue weighted by Gasteiger charge is -2.19. The van der Waals surface area contributed by atoms with Gasteiger partial charge >= 0.3 is 0 Å². The van der Waals surface area contributed by atoms with Gasteiger partial charge in [-0.15, -0.1) is 0 Å². The summed E-state index contributed by atoms with van der Waals surface area (Å²) < 4.78 is 0. The van der Waals surface area contributed by atoms with Crippen molar-refractivity contribution in [1.82, 2.24) is 20.3 Å². The molecule has 5 nitrogen and oxygen atoms in total. The molecule has 0 saturated carbocycles. The average molecular weight is 346 g/mol. The van der Waals surface area contributed by atoms with Crippen molar-refractivity contribution in [1.29, 1.82) is 0 Å². The van der Waals surface area contributed by atoms with Crippen LogP contribution >= 0.6 is 0 Å². The quantitative estimate of drug-likeness (QED) is 0.755. The predicted molar refractivity (Wildman–Crippen MR) is 102 cm³/mol. The third-order valence-corrected chi connectivity index (χ3v) is 4.78. The van der Waals surface area contributed by atoms with Crippen molar-refractivity contribution >= 4 is 5.91 Å². The fraction of sp³-hybridized carbons (Fsp3) is 0.286. The SMILES string of the molecule is CC1Cc2[nH]c(-c3ccnc(-c4ccc(C(C)C)nc4)c3)cc2C(=O)N1. The molecule has 0 fully saturated rings. The van der Waals surface area contributed by atoms with Gasteiger partial charge in [-0.2, -0.15) is 0 Å². The number of pyridine rings is 2. The van der Waals surface area contributed by atoms with Crippen LogP contribution in [0.2, 0.25) is 0 Å². The van der Waals surface area contributed by atoms with Crippen molar-refractivity contribution in [2.75, 3.05) is 0 Å². The monoisotopic (exact) mass is 346 g/mol. The largest absolute Gasteiger partial charge is 0.358 e. The number of rotatable bonds is 3. The van der Waals surface area contributed by atoms with Crippen LogP contribution in [0.3, 0.4) is 0 Å². The first-order valence-electron chi connectivity index (χ1n) is 8.97. The Morgan fingerprint density at radius 1 is 1.12 bits per heavy atom. The second-order valence-electron chi connectivity index (χ2n) is 7.21. The number of hydrogen-bond acceptors (Lipinski definition) is 3. The minimum Gasteiger partial charge on any atom is -0.358 e. The summed E-state index contributed by atoms with van der Waals surface area (Å²) in [6.45, 7) is 6.27. The molecule has 26 heavy (non-hydrogen) atoms. The first-order chi connectivity index (χ1) is 12.5. The zero-order valence-electron chi connectivity index (χ0n) is 15.2. The summed E-state index contributed by atoms with van der Waals surface area (Å²) in [5.74, 6) is 0.395. The molecule has 4 rings (SSSR count). The van der Waals surface area contributed by atoms with E-state index in [1.54, 1.807) is 6.20 Å². The summed E-state index contributed by atoms with van der Waals surface area (Å²) in [5, 5.41) is 2.97. The highest BCUT2D eigenvalue weighted by atomic mass is 16.1. The first-order valence-corrected chi connectivity index (χ1v) is 8.97. The molecule has 132 valence electrons. The molecule has 4 heterocycles. The van der Waals surface area contributed by atoms with Crippen molar-refractivity contribution in [3.63, 3.8) is 0 Å².